The second-order valence-electron chi connectivity index (χ2n) is 5.50. The summed E-state index contributed by atoms with van der Waals surface area (Å²) in [6.07, 6.45) is 2.18. The molecule has 0 aromatic rings. The second kappa shape index (κ2) is 5.88. The highest BCUT2D eigenvalue weighted by molar-refractivity contribution is 5.82. The van der Waals surface area contributed by atoms with E-state index in [2.05, 4.69) is 0 Å². The maximum Gasteiger partial charge on any atom is 0.306 e. The third-order valence-electron chi connectivity index (χ3n) is 4.15. The number of carboxylic acids is 1. The maximum absolute atomic E-state index is 12.4. The van der Waals surface area contributed by atoms with Gasteiger partial charge in [0.1, 0.15) is 6.10 Å². The van der Waals surface area contributed by atoms with E-state index in [4.69, 9.17) is 15.6 Å². The van der Waals surface area contributed by atoms with Gasteiger partial charge in [0.05, 0.1) is 12.0 Å². The molecule has 19 heavy (non-hydrogen) atoms. The Labute approximate surface area is 112 Å². The van der Waals surface area contributed by atoms with Crippen molar-refractivity contribution in [1.29, 1.82) is 0 Å². The Bertz CT molecular complexity index is 361. The van der Waals surface area contributed by atoms with Gasteiger partial charge >= 0.3 is 5.97 Å². The zero-order valence-electron chi connectivity index (χ0n) is 11.2. The van der Waals surface area contributed by atoms with Gasteiger partial charge in [-0.15, -0.1) is 0 Å². The average molecular weight is 270 g/mol. The normalized spacial score (nSPS) is 35.4. The number of rotatable bonds is 3. The molecule has 4 unspecified atom stereocenters. The number of hydrogen-bond donors (Lipinski definition) is 2. The summed E-state index contributed by atoms with van der Waals surface area (Å²) in [5.41, 5.74) is 5.54. The van der Waals surface area contributed by atoms with Crippen LogP contribution in [-0.2, 0) is 14.3 Å². The van der Waals surface area contributed by atoms with E-state index in [1.807, 2.05) is 6.92 Å². The molecule has 2 aliphatic heterocycles. The van der Waals surface area contributed by atoms with Crippen molar-refractivity contribution >= 4 is 11.9 Å². The topological polar surface area (TPSA) is 92.9 Å². The van der Waals surface area contributed by atoms with Crippen molar-refractivity contribution in [2.75, 3.05) is 13.1 Å². The third kappa shape index (κ3) is 3.06. The summed E-state index contributed by atoms with van der Waals surface area (Å²) >= 11 is 0. The summed E-state index contributed by atoms with van der Waals surface area (Å²) in [5, 5.41) is 9.02. The number of carboxylic acid groups (broad SMARTS) is 1. The predicted molar refractivity (Wildman–Crippen MR) is 68.5 cm³/mol. The fraction of sp³-hybridized carbons (Fsp3) is 0.846. The second-order valence-corrected chi connectivity index (χ2v) is 5.50. The van der Waals surface area contributed by atoms with Crippen molar-refractivity contribution in [3.05, 3.63) is 0 Å². The minimum Gasteiger partial charge on any atom is -0.481 e. The van der Waals surface area contributed by atoms with Crippen LogP contribution in [0, 0.1) is 5.92 Å². The van der Waals surface area contributed by atoms with Gasteiger partial charge < -0.3 is 20.5 Å². The first-order valence-electron chi connectivity index (χ1n) is 6.91. The molecule has 0 aliphatic carbocycles. The van der Waals surface area contributed by atoms with Crippen molar-refractivity contribution in [3.8, 4) is 0 Å². The largest absolute Gasteiger partial charge is 0.481 e. The zero-order valence-corrected chi connectivity index (χ0v) is 11.2. The first kappa shape index (κ1) is 14.3. The molecule has 6 heteroatoms. The maximum atomic E-state index is 12.4. The molecule has 0 radical (unpaired) electrons. The first-order valence-corrected chi connectivity index (χ1v) is 6.91. The van der Waals surface area contributed by atoms with Crippen LogP contribution in [-0.4, -0.2) is 53.2 Å². The van der Waals surface area contributed by atoms with Crippen molar-refractivity contribution in [1.82, 2.24) is 4.90 Å². The standard InChI is InChI=1S/C13H22N2O4/c1-8-6-9(13(17)18)4-5-15(8)12(16)11-3-2-10(7-14)19-11/h8-11H,2-7,14H2,1H3,(H,17,18). The molecule has 1 amide bonds. The Morgan fingerprint density at radius 2 is 2.11 bits per heavy atom. The number of hydrogen-bond acceptors (Lipinski definition) is 4. The Morgan fingerprint density at radius 1 is 1.37 bits per heavy atom. The molecule has 2 rings (SSSR count). The fourth-order valence-electron chi connectivity index (χ4n) is 2.97. The lowest BCUT2D eigenvalue weighted by molar-refractivity contribution is -0.152. The summed E-state index contributed by atoms with van der Waals surface area (Å²) in [7, 11) is 0. The van der Waals surface area contributed by atoms with Crippen molar-refractivity contribution in [2.24, 2.45) is 11.7 Å². The molecule has 2 heterocycles. The summed E-state index contributed by atoms with van der Waals surface area (Å²) < 4.78 is 5.62. The molecule has 0 aromatic heterocycles. The minimum absolute atomic E-state index is 0.00714. The fourth-order valence-corrected chi connectivity index (χ4v) is 2.97. The summed E-state index contributed by atoms with van der Waals surface area (Å²) in [5.74, 6) is -1.10. The van der Waals surface area contributed by atoms with Gasteiger partial charge in [-0.05, 0) is 32.6 Å². The van der Waals surface area contributed by atoms with E-state index >= 15 is 0 Å². The molecule has 0 aromatic carbocycles. The zero-order chi connectivity index (χ0) is 14.0. The van der Waals surface area contributed by atoms with Crippen molar-refractivity contribution in [2.45, 2.75) is 50.9 Å². The molecule has 3 N–H and O–H groups in total. The quantitative estimate of drug-likeness (QED) is 0.764. The number of amides is 1. The van der Waals surface area contributed by atoms with Crippen molar-refractivity contribution < 1.29 is 19.4 Å². The summed E-state index contributed by atoms with van der Waals surface area (Å²) in [4.78, 5) is 25.1. The smallest absolute Gasteiger partial charge is 0.306 e. The average Bonchev–Trinajstić information content (AvgIpc) is 2.86. The van der Waals surface area contributed by atoms with E-state index in [-0.39, 0.29) is 24.0 Å². The van der Waals surface area contributed by atoms with Crippen LogP contribution in [0.15, 0.2) is 0 Å². The molecule has 0 spiro atoms. The lowest BCUT2D eigenvalue weighted by Crippen LogP contribution is -2.49. The van der Waals surface area contributed by atoms with Gasteiger partial charge in [0.15, 0.2) is 0 Å². The van der Waals surface area contributed by atoms with Gasteiger partial charge in [-0.3, -0.25) is 9.59 Å². The number of likely N-dealkylation sites (tertiary alicyclic amines) is 1. The van der Waals surface area contributed by atoms with Crippen LogP contribution in [0.3, 0.4) is 0 Å². The molecule has 6 nitrogen and oxygen atoms in total. The number of ether oxygens (including phenoxy) is 1. The van der Waals surface area contributed by atoms with E-state index in [1.54, 1.807) is 4.90 Å². The molecule has 2 saturated heterocycles. The molecule has 0 saturated carbocycles. The Morgan fingerprint density at radius 3 is 2.63 bits per heavy atom. The molecule has 4 atom stereocenters. The number of nitrogens with zero attached hydrogens (tertiary/aromatic N) is 1. The van der Waals surface area contributed by atoms with Crippen LogP contribution in [0.1, 0.15) is 32.6 Å². The number of carbonyl (C=O) groups excluding carboxylic acids is 1. The number of carbonyl (C=O) groups is 2. The van der Waals surface area contributed by atoms with Gasteiger partial charge in [0.25, 0.3) is 5.91 Å². The van der Waals surface area contributed by atoms with Gasteiger partial charge in [-0.1, -0.05) is 0 Å². The highest BCUT2D eigenvalue weighted by Crippen LogP contribution is 2.27. The van der Waals surface area contributed by atoms with Crippen molar-refractivity contribution in [3.63, 3.8) is 0 Å². The van der Waals surface area contributed by atoms with E-state index in [0.29, 0.717) is 32.4 Å². The molecule has 0 bridgehead atoms. The van der Waals surface area contributed by atoms with E-state index in [9.17, 15) is 9.59 Å². The number of aliphatic carboxylic acids is 1. The Balaban J connectivity index is 1.92. The van der Waals surface area contributed by atoms with Gasteiger partial charge in [-0.2, -0.15) is 0 Å². The van der Waals surface area contributed by atoms with Crippen LogP contribution in [0.2, 0.25) is 0 Å². The number of piperidine rings is 1. The monoisotopic (exact) mass is 270 g/mol. The van der Waals surface area contributed by atoms with E-state index in [1.165, 1.54) is 0 Å². The summed E-state index contributed by atoms with van der Waals surface area (Å²) in [6.45, 7) is 2.85. The van der Waals surface area contributed by atoms with Gasteiger partial charge in [-0.25, -0.2) is 0 Å². The lowest BCUT2D eigenvalue weighted by Gasteiger charge is -2.37. The SMILES string of the molecule is CC1CC(C(=O)O)CCN1C(=O)C1CCC(CN)O1. The van der Waals surface area contributed by atoms with Gasteiger partial charge in [0.2, 0.25) is 0 Å². The third-order valence-corrected chi connectivity index (χ3v) is 4.15. The van der Waals surface area contributed by atoms with Crippen LogP contribution >= 0.6 is 0 Å². The molecule has 2 aliphatic rings. The Hall–Kier alpha value is -1.14. The summed E-state index contributed by atoms with van der Waals surface area (Å²) in [6, 6.07) is -0.0390. The van der Waals surface area contributed by atoms with Crippen LogP contribution in [0.5, 0.6) is 0 Å². The van der Waals surface area contributed by atoms with Gasteiger partial charge in [0, 0.05) is 19.1 Å². The Kier molecular flexibility index (Phi) is 4.42. The van der Waals surface area contributed by atoms with Crippen LogP contribution < -0.4 is 5.73 Å². The highest BCUT2D eigenvalue weighted by atomic mass is 16.5. The highest BCUT2D eigenvalue weighted by Gasteiger charge is 2.38. The van der Waals surface area contributed by atoms with Crippen LogP contribution in [0.4, 0.5) is 0 Å². The van der Waals surface area contributed by atoms with Crippen LogP contribution in [0.25, 0.3) is 0 Å². The molecule has 108 valence electrons. The predicted octanol–water partition coefficient (Wildman–Crippen LogP) is 0.204. The lowest BCUT2D eigenvalue weighted by atomic mass is 9.91. The van der Waals surface area contributed by atoms with E-state index < -0.39 is 12.1 Å². The first-order chi connectivity index (χ1) is 9.02. The molecule has 2 fully saturated rings. The molecular formula is C13H22N2O4. The number of nitrogens with two attached hydrogens (primary N) is 1. The van der Waals surface area contributed by atoms with E-state index in [0.717, 1.165) is 6.42 Å². The minimum atomic E-state index is -0.765. The molecular weight excluding hydrogens is 248 g/mol.